The molecule has 1 unspecified atom stereocenters. The molecular formula is C19H23ClN2O. The summed E-state index contributed by atoms with van der Waals surface area (Å²) in [4.78, 5) is 14.5. The average molecular weight is 331 g/mol. The van der Waals surface area contributed by atoms with Crippen molar-refractivity contribution in [3.05, 3.63) is 66.2 Å². The van der Waals surface area contributed by atoms with Gasteiger partial charge in [-0.2, -0.15) is 0 Å². The van der Waals surface area contributed by atoms with Crippen LogP contribution in [0.2, 0.25) is 0 Å². The molecule has 1 aliphatic rings. The van der Waals surface area contributed by atoms with E-state index in [2.05, 4.69) is 29.6 Å². The molecule has 1 atom stereocenters. The number of anilines is 1. The number of nitrogens with one attached hydrogen (secondary N) is 1. The summed E-state index contributed by atoms with van der Waals surface area (Å²) in [5.74, 6) is 0.197. The first kappa shape index (κ1) is 17.4. The number of carbonyl (C=O) groups is 1. The average Bonchev–Trinajstić information content (AvgIpc) is 3.03. The molecular weight excluding hydrogens is 308 g/mol. The van der Waals surface area contributed by atoms with Crippen LogP contribution in [-0.2, 0) is 11.2 Å². The SMILES string of the molecule is Cl.O=C(CNc1ccccc1)N1CCCC1Cc1ccccc1. The minimum Gasteiger partial charge on any atom is -0.376 e. The van der Waals surface area contributed by atoms with Gasteiger partial charge in [-0.1, -0.05) is 48.5 Å². The second-order valence-corrected chi connectivity index (χ2v) is 5.79. The largest absolute Gasteiger partial charge is 0.376 e. The first-order valence-corrected chi connectivity index (χ1v) is 7.95. The van der Waals surface area contributed by atoms with Crippen LogP contribution in [0.15, 0.2) is 60.7 Å². The lowest BCUT2D eigenvalue weighted by atomic mass is 10.0. The van der Waals surface area contributed by atoms with Gasteiger partial charge in [0.15, 0.2) is 0 Å². The number of carbonyl (C=O) groups excluding carboxylic acids is 1. The van der Waals surface area contributed by atoms with Crippen molar-refractivity contribution in [2.45, 2.75) is 25.3 Å². The fraction of sp³-hybridized carbons (Fsp3) is 0.316. The van der Waals surface area contributed by atoms with Crippen molar-refractivity contribution in [1.29, 1.82) is 0 Å². The van der Waals surface area contributed by atoms with E-state index in [4.69, 9.17) is 0 Å². The highest BCUT2D eigenvalue weighted by Gasteiger charge is 2.28. The van der Waals surface area contributed by atoms with E-state index in [1.165, 1.54) is 5.56 Å². The molecule has 23 heavy (non-hydrogen) atoms. The van der Waals surface area contributed by atoms with E-state index in [9.17, 15) is 4.79 Å². The molecule has 2 aromatic rings. The maximum atomic E-state index is 12.5. The number of rotatable bonds is 5. The van der Waals surface area contributed by atoms with E-state index in [0.717, 1.165) is 31.5 Å². The molecule has 0 bridgehead atoms. The van der Waals surface area contributed by atoms with Crippen LogP contribution in [-0.4, -0.2) is 29.9 Å². The summed E-state index contributed by atoms with van der Waals surface area (Å²) in [6.45, 7) is 1.25. The number of benzene rings is 2. The molecule has 0 aliphatic carbocycles. The smallest absolute Gasteiger partial charge is 0.242 e. The third kappa shape index (κ3) is 4.73. The molecule has 0 saturated carbocycles. The van der Waals surface area contributed by atoms with Crippen molar-refractivity contribution in [1.82, 2.24) is 4.90 Å². The van der Waals surface area contributed by atoms with Crippen LogP contribution in [0, 0.1) is 0 Å². The number of nitrogens with zero attached hydrogens (tertiary/aromatic N) is 1. The predicted octanol–water partition coefficient (Wildman–Crippen LogP) is 3.75. The quantitative estimate of drug-likeness (QED) is 0.905. The fourth-order valence-electron chi connectivity index (χ4n) is 3.10. The summed E-state index contributed by atoms with van der Waals surface area (Å²) >= 11 is 0. The highest BCUT2D eigenvalue weighted by atomic mass is 35.5. The highest BCUT2D eigenvalue weighted by Crippen LogP contribution is 2.21. The maximum Gasteiger partial charge on any atom is 0.242 e. The lowest BCUT2D eigenvalue weighted by Crippen LogP contribution is -2.40. The lowest BCUT2D eigenvalue weighted by Gasteiger charge is -2.25. The van der Waals surface area contributed by atoms with Crippen LogP contribution in [0.4, 0.5) is 5.69 Å². The van der Waals surface area contributed by atoms with Crippen molar-refractivity contribution in [2.75, 3.05) is 18.4 Å². The van der Waals surface area contributed by atoms with Crippen molar-refractivity contribution in [3.63, 3.8) is 0 Å². The number of amides is 1. The van der Waals surface area contributed by atoms with E-state index < -0.39 is 0 Å². The Hall–Kier alpha value is -2.00. The monoisotopic (exact) mass is 330 g/mol. The van der Waals surface area contributed by atoms with Gasteiger partial charge in [0.25, 0.3) is 0 Å². The van der Waals surface area contributed by atoms with Crippen LogP contribution in [0.25, 0.3) is 0 Å². The van der Waals surface area contributed by atoms with Crippen molar-refractivity contribution in [2.24, 2.45) is 0 Å². The molecule has 0 aromatic heterocycles. The summed E-state index contributed by atoms with van der Waals surface area (Å²) in [6, 6.07) is 20.7. The summed E-state index contributed by atoms with van der Waals surface area (Å²) in [5.41, 5.74) is 2.30. The normalized spacial score (nSPS) is 16.7. The summed E-state index contributed by atoms with van der Waals surface area (Å²) in [6.07, 6.45) is 3.17. The van der Waals surface area contributed by atoms with Gasteiger partial charge in [-0.25, -0.2) is 0 Å². The number of hydrogen-bond acceptors (Lipinski definition) is 2. The van der Waals surface area contributed by atoms with Crippen LogP contribution in [0.5, 0.6) is 0 Å². The third-order valence-corrected chi connectivity index (χ3v) is 4.23. The van der Waals surface area contributed by atoms with Crippen molar-refractivity contribution < 1.29 is 4.79 Å². The summed E-state index contributed by atoms with van der Waals surface area (Å²) in [5, 5.41) is 3.21. The van der Waals surface area contributed by atoms with Gasteiger partial charge in [-0.05, 0) is 37.0 Å². The van der Waals surface area contributed by atoms with Gasteiger partial charge in [0.05, 0.1) is 6.54 Å². The highest BCUT2D eigenvalue weighted by molar-refractivity contribution is 5.85. The molecule has 2 aromatic carbocycles. The minimum atomic E-state index is 0. The Kier molecular flexibility index (Phi) is 6.48. The van der Waals surface area contributed by atoms with Crippen molar-refractivity contribution in [3.8, 4) is 0 Å². The van der Waals surface area contributed by atoms with Gasteiger partial charge < -0.3 is 10.2 Å². The maximum absolute atomic E-state index is 12.5. The predicted molar refractivity (Wildman–Crippen MR) is 97.1 cm³/mol. The Labute approximate surface area is 144 Å². The van der Waals surface area contributed by atoms with Gasteiger partial charge in [0.2, 0.25) is 5.91 Å². The third-order valence-electron chi connectivity index (χ3n) is 4.23. The van der Waals surface area contributed by atoms with Gasteiger partial charge in [0, 0.05) is 18.3 Å². The molecule has 0 radical (unpaired) electrons. The molecule has 1 amide bonds. The Bertz CT molecular complexity index is 603. The van der Waals surface area contributed by atoms with Gasteiger partial charge >= 0.3 is 0 Å². The molecule has 3 rings (SSSR count). The molecule has 3 nitrogen and oxygen atoms in total. The van der Waals surface area contributed by atoms with Crippen molar-refractivity contribution >= 4 is 24.0 Å². The van der Waals surface area contributed by atoms with Crippen LogP contribution in [0.1, 0.15) is 18.4 Å². The molecule has 1 fully saturated rings. The van der Waals surface area contributed by atoms with Crippen LogP contribution >= 0.6 is 12.4 Å². The molecule has 4 heteroatoms. The fourth-order valence-corrected chi connectivity index (χ4v) is 3.10. The number of halogens is 1. The second-order valence-electron chi connectivity index (χ2n) is 5.79. The zero-order valence-electron chi connectivity index (χ0n) is 13.2. The Morgan fingerprint density at radius 2 is 1.70 bits per heavy atom. The molecule has 1 N–H and O–H groups in total. The Balaban J connectivity index is 0.00000192. The molecule has 0 spiro atoms. The number of likely N-dealkylation sites (tertiary alicyclic amines) is 1. The van der Waals surface area contributed by atoms with E-state index >= 15 is 0 Å². The number of hydrogen-bond donors (Lipinski definition) is 1. The van der Waals surface area contributed by atoms with Crippen LogP contribution < -0.4 is 5.32 Å². The Morgan fingerprint density at radius 1 is 1.04 bits per heavy atom. The standard InChI is InChI=1S/C19H22N2O.ClH/c22-19(15-20-17-10-5-2-6-11-17)21-13-7-12-18(21)14-16-8-3-1-4-9-16;/h1-6,8-11,18,20H,7,12-15H2;1H. The topological polar surface area (TPSA) is 32.3 Å². The zero-order chi connectivity index (χ0) is 15.2. The second kappa shape index (κ2) is 8.59. The van der Waals surface area contributed by atoms with Gasteiger partial charge in [-0.15, -0.1) is 12.4 Å². The number of para-hydroxylation sites is 1. The summed E-state index contributed by atoms with van der Waals surface area (Å²) < 4.78 is 0. The molecule has 122 valence electrons. The molecule has 1 saturated heterocycles. The van der Waals surface area contributed by atoms with Gasteiger partial charge in [0.1, 0.15) is 0 Å². The first-order valence-electron chi connectivity index (χ1n) is 7.95. The first-order chi connectivity index (χ1) is 10.8. The zero-order valence-corrected chi connectivity index (χ0v) is 14.0. The van der Waals surface area contributed by atoms with E-state index in [1.54, 1.807) is 0 Å². The van der Waals surface area contributed by atoms with Crippen LogP contribution in [0.3, 0.4) is 0 Å². The summed E-state index contributed by atoms with van der Waals surface area (Å²) in [7, 11) is 0. The molecule has 1 heterocycles. The lowest BCUT2D eigenvalue weighted by molar-refractivity contribution is -0.130. The molecule has 1 aliphatic heterocycles. The van der Waals surface area contributed by atoms with E-state index in [1.807, 2.05) is 41.3 Å². The van der Waals surface area contributed by atoms with E-state index in [0.29, 0.717) is 12.6 Å². The Morgan fingerprint density at radius 3 is 2.39 bits per heavy atom. The van der Waals surface area contributed by atoms with E-state index in [-0.39, 0.29) is 18.3 Å². The van der Waals surface area contributed by atoms with Gasteiger partial charge in [-0.3, -0.25) is 4.79 Å². The minimum absolute atomic E-state index is 0.